The van der Waals surface area contributed by atoms with Gasteiger partial charge in [-0.05, 0) is 69.5 Å². The van der Waals surface area contributed by atoms with Crippen LogP contribution in [0.15, 0.2) is 71.4 Å². The number of nitrogens with zero attached hydrogens (tertiary/aromatic N) is 4. The van der Waals surface area contributed by atoms with Gasteiger partial charge in [0.05, 0.1) is 5.56 Å². The summed E-state index contributed by atoms with van der Waals surface area (Å²) in [5.41, 5.74) is 11.2. The van der Waals surface area contributed by atoms with E-state index in [-0.39, 0.29) is 12.5 Å². The predicted molar refractivity (Wildman–Crippen MR) is 155 cm³/mol. The highest BCUT2D eigenvalue weighted by Crippen LogP contribution is 2.31. The normalized spacial score (nSPS) is 16.4. The molecule has 0 atom stereocenters. The molecule has 8 nitrogen and oxygen atoms in total. The molecule has 2 aromatic carbocycles. The number of carbonyl (C=O) groups excluding carboxylic acids is 1. The molecule has 0 radical (unpaired) electrons. The molecule has 0 saturated carbocycles. The molecule has 2 fully saturated rings. The third kappa shape index (κ3) is 5.45. The van der Waals surface area contributed by atoms with Gasteiger partial charge >= 0.3 is 0 Å². The molecular formula is C32H35N5O3. The number of aromatic nitrogens is 2. The number of carbonyl (C=O) groups is 1. The first-order chi connectivity index (χ1) is 19.6. The van der Waals surface area contributed by atoms with E-state index in [1.807, 2.05) is 72.5 Å². The molecule has 1 amide bonds. The summed E-state index contributed by atoms with van der Waals surface area (Å²) < 4.78 is 11.6. The average molecular weight is 538 g/mol. The average Bonchev–Trinajstić information content (AvgIpc) is 3.67. The molecule has 206 valence electrons. The minimum absolute atomic E-state index is 0.101. The number of benzene rings is 2. The molecule has 4 aromatic rings. The first kappa shape index (κ1) is 26.1. The van der Waals surface area contributed by atoms with E-state index in [0.29, 0.717) is 28.9 Å². The third-order valence-electron chi connectivity index (χ3n) is 8.16. The zero-order chi connectivity index (χ0) is 27.5. The Morgan fingerprint density at radius 1 is 0.975 bits per heavy atom. The third-order valence-corrected chi connectivity index (χ3v) is 8.16. The van der Waals surface area contributed by atoms with Crippen molar-refractivity contribution in [2.24, 2.45) is 0 Å². The van der Waals surface area contributed by atoms with Crippen molar-refractivity contribution in [3.8, 4) is 28.1 Å². The van der Waals surface area contributed by atoms with E-state index in [1.54, 1.807) is 6.20 Å². The molecule has 2 aliphatic heterocycles. The Morgan fingerprint density at radius 2 is 1.70 bits per heavy atom. The minimum Gasteiger partial charge on any atom is -0.485 e. The van der Waals surface area contributed by atoms with Crippen LogP contribution in [0.4, 0.5) is 5.82 Å². The first-order valence-corrected chi connectivity index (χ1v) is 14.1. The number of aryl methyl sites for hydroxylation is 1. The fraction of sp³-hybridized carbons (Fsp3) is 0.344. The molecule has 8 heteroatoms. The Kier molecular flexibility index (Phi) is 7.51. The number of hydrogen-bond acceptors (Lipinski definition) is 7. The number of pyridine rings is 1. The summed E-state index contributed by atoms with van der Waals surface area (Å²) in [5.74, 6) is 1.59. The van der Waals surface area contributed by atoms with Gasteiger partial charge in [0, 0.05) is 42.0 Å². The molecule has 0 aliphatic carbocycles. The van der Waals surface area contributed by atoms with Gasteiger partial charge in [-0.1, -0.05) is 47.6 Å². The van der Waals surface area contributed by atoms with Gasteiger partial charge in [0.25, 0.3) is 5.91 Å². The summed E-state index contributed by atoms with van der Waals surface area (Å²) in [6.07, 6.45) is 6.46. The Balaban J connectivity index is 1.12. The fourth-order valence-electron chi connectivity index (χ4n) is 5.79. The molecule has 2 aromatic heterocycles. The predicted octanol–water partition coefficient (Wildman–Crippen LogP) is 5.57. The van der Waals surface area contributed by atoms with E-state index in [0.717, 1.165) is 53.9 Å². The number of amides is 1. The number of anilines is 1. The Bertz CT molecular complexity index is 1450. The lowest BCUT2D eigenvalue weighted by atomic mass is 10.0. The Morgan fingerprint density at radius 3 is 2.42 bits per heavy atom. The van der Waals surface area contributed by atoms with Crippen molar-refractivity contribution in [1.82, 2.24) is 19.9 Å². The van der Waals surface area contributed by atoms with Gasteiger partial charge in [0.1, 0.15) is 18.1 Å². The van der Waals surface area contributed by atoms with Gasteiger partial charge in [0.15, 0.2) is 11.6 Å². The van der Waals surface area contributed by atoms with Gasteiger partial charge in [-0.3, -0.25) is 4.79 Å². The van der Waals surface area contributed by atoms with Crippen LogP contribution in [0.5, 0.6) is 5.75 Å². The minimum atomic E-state index is 0.101. The summed E-state index contributed by atoms with van der Waals surface area (Å²) in [4.78, 5) is 22.1. The maximum atomic E-state index is 13.2. The van der Waals surface area contributed by atoms with E-state index in [1.165, 1.54) is 25.9 Å². The molecule has 4 heterocycles. The number of piperidine rings is 1. The number of nitrogen functional groups attached to an aromatic ring is 1. The second kappa shape index (κ2) is 11.5. The molecule has 6 rings (SSSR count). The van der Waals surface area contributed by atoms with Crippen LogP contribution in [0.2, 0.25) is 0 Å². The van der Waals surface area contributed by atoms with Crippen LogP contribution < -0.4 is 10.5 Å². The smallest absolute Gasteiger partial charge is 0.253 e. The van der Waals surface area contributed by atoms with Gasteiger partial charge in [-0.2, -0.15) is 0 Å². The van der Waals surface area contributed by atoms with Crippen LogP contribution in [0.25, 0.3) is 22.4 Å². The maximum absolute atomic E-state index is 13.2. The zero-order valence-electron chi connectivity index (χ0n) is 22.9. The summed E-state index contributed by atoms with van der Waals surface area (Å²) in [7, 11) is 0. The lowest BCUT2D eigenvalue weighted by Crippen LogP contribution is -2.45. The standard InChI is InChI=1S/C32H35N5O3/c1-22-28(30(35-40-22)24-7-3-2-4-8-24)21-39-29-19-26(20-34-31(29)33)23-9-11-25(12-10-23)32(38)37-17-13-27(14-18-37)36-15-5-6-16-36/h2-4,7-12,19-20,27H,5-6,13-18,21H2,1H3,(H2,33,34). The molecule has 40 heavy (non-hydrogen) atoms. The number of likely N-dealkylation sites (tertiary alicyclic amines) is 2. The van der Waals surface area contributed by atoms with E-state index in [4.69, 9.17) is 15.0 Å². The van der Waals surface area contributed by atoms with E-state index < -0.39 is 0 Å². The molecule has 2 saturated heterocycles. The second-order valence-electron chi connectivity index (χ2n) is 10.7. The maximum Gasteiger partial charge on any atom is 0.253 e. The quantitative estimate of drug-likeness (QED) is 0.329. The monoisotopic (exact) mass is 537 g/mol. The summed E-state index contributed by atoms with van der Waals surface area (Å²) >= 11 is 0. The van der Waals surface area contributed by atoms with Crippen molar-refractivity contribution in [2.45, 2.75) is 45.3 Å². The molecular weight excluding hydrogens is 502 g/mol. The Hall–Kier alpha value is -4.17. The largest absolute Gasteiger partial charge is 0.485 e. The molecule has 0 spiro atoms. The highest BCUT2D eigenvalue weighted by atomic mass is 16.5. The van der Waals surface area contributed by atoms with Gasteiger partial charge in [-0.25, -0.2) is 4.98 Å². The van der Waals surface area contributed by atoms with Gasteiger partial charge in [0.2, 0.25) is 0 Å². The van der Waals surface area contributed by atoms with Crippen molar-refractivity contribution < 1.29 is 14.1 Å². The topological polar surface area (TPSA) is 97.7 Å². The van der Waals surface area contributed by atoms with E-state index in [2.05, 4.69) is 15.0 Å². The lowest BCUT2D eigenvalue weighted by molar-refractivity contribution is 0.0644. The molecule has 0 unspecified atom stereocenters. The number of ether oxygens (including phenoxy) is 1. The van der Waals surface area contributed by atoms with Crippen LogP contribution in [0.1, 0.15) is 47.4 Å². The zero-order valence-corrected chi connectivity index (χ0v) is 22.9. The highest BCUT2D eigenvalue weighted by Gasteiger charge is 2.28. The molecule has 2 N–H and O–H groups in total. The van der Waals surface area contributed by atoms with Crippen molar-refractivity contribution in [2.75, 3.05) is 31.9 Å². The SMILES string of the molecule is Cc1onc(-c2ccccc2)c1COc1cc(-c2ccc(C(=O)N3CCC(N4CCCC4)CC3)cc2)cnc1N. The number of hydrogen-bond donors (Lipinski definition) is 1. The lowest BCUT2D eigenvalue weighted by Gasteiger charge is -2.36. The summed E-state index contributed by atoms with van der Waals surface area (Å²) in [6.45, 7) is 6.18. The Labute approximate surface area is 234 Å². The summed E-state index contributed by atoms with van der Waals surface area (Å²) in [6, 6.07) is 20.1. The van der Waals surface area contributed by atoms with Crippen molar-refractivity contribution in [3.63, 3.8) is 0 Å². The number of rotatable bonds is 7. The summed E-state index contributed by atoms with van der Waals surface area (Å²) in [5, 5.41) is 4.23. The van der Waals surface area contributed by atoms with Gasteiger partial charge in [-0.15, -0.1) is 0 Å². The fourth-order valence-corrected chi connectivity index (χ4v) is 5.79. The molecule has 2 aliphatic rings. The first-order valence-electron chi connectivity index (χ1n) is 14.1. The van der Waals surface area contributed by atoms with Crippen molar-refractivity contribution >= 4 is 11.7 Å². The van der Waals surface area contributed by atoms with Crippen LogP contribution in [0, 0.1) is 6.92 Å². The van der Waals surface area contributed by atoms with Crippen LogP contribution in [-0.2, 0) is 6.61 Å². The number of nitrogens with two attached hydrogens (primary N) is 1. The van der Waals surface area contributed by atoms with Crippen LogP contribution in [0.3, 0.4) is 0 Å². The van der Waals surface area contributed by atoms with Crippen molar-refractivity contribution in [3.05, 3.63) is 83.7 Å². The van der Waals surface area contributed by atoms with Crippen molar-refractivity contribution in [1.29, 1.82) is 0 Å². The van der Waals surface area contributed by atoms with E-state index in [9.17, 15) is 4.79 Å². The van der Waals surface area contributed by atoms with E-state index >= 15 is 0 Å². The second-order valence-corrected chi connectivity index (χ2v) is 10.7. The van der Waals surface area contributed by atoms with Crippen LogP contribution >= 0.6 is 0 Å². The molecule has 0 bridgehead atoms. The van der Waals surface area contributed by atoms with Gasteiger partial charge < -0.3 is 24.8 Å². The highest BCUT2D eigenvalue weighted by molar-refractivity contribution is 5.94. The van der Waals surface area contributed by atoms with Crippen LogP contribution in [-0.4, -0.2) is 58.1 Å².